The van der Waals surface area contributed by atoms with Crippen molar-refractivity contribution in [2.24, 2.45) is 0 Å². The minimum absolute atomic E-state index is 0.476. The third-order valence-corrected chi connectivity index (χ3v) is 3.71. The van der Waals surface area contributed by atoms with E-state index in [-0.39, 0.29) is 0 Å². The number of nitrogens with zero attached hydrogens (tertiary/aromatic N) is 2. The summed E-state index contributed by atoms with van der Waals surface area (Å²) in [7, 11) is 0. The number of aromatic nitrogens is 2. The number of benzene rings is 1. The number of hydrogen-bond donors (Lipinski definition) is 0. The van der Waals surface area contributed by atoms with Crippen molar-refractivity contribution in [3.05, 3.63) is 39.3 Å². The maximum absolute atomic E-state index is 5.87. The third-order valence-electron chi connectivity index (χ3n) is 1.64. The molecule has 0 atom stereocenters. The van der Waals surface area contributed by atoms with Gasteiger partial charge >= 0.3 is 0 Å². The van der Waals surface area contributed by atoms with E-state index < -0.39 is 0 Å². The van der Waals surface area contributed by atoms with Crippen LogP contribution in [0.3, 0.4) is 0 Å². The Hall–Kier alpha value is -0.290. The molecule has 0 amide bonds. The van der Waals surface area contributed by atoms with E-state index in [4.69, 9.17) is 23.2 Å². The second-order valence-corrected chi connectivity index (χ2v) is 5.46. The fourth-order valence-corrected chi connectivity index (χ4v) is 2.81. The van der Waals surface area contributed by atoms with E-state index in [0.717, 1.165) is 16.3 Å². The van der Waals surface area contributed by atoms with Crippen molar-refractivity contribution in [3.63, 3.8) is 0 Å². The predicted molar refractivity (Wildman–Crippen MR) is 65.9 cm³/mol. The summed E-state index contributed by atoms with van der Waals surface area (Å²) in [4.78, 5) is 4.05. The summed E-state index contributed by atoms with van der Waals surface area (Å²) in [6.45, 7) is 0. The van der Waals surface area contributed by atoms with Crippen LogP contribution in [-0.2, 0) is 5.75 Å². The molecule has 2 rings (SSSR count). The molecule has 0 aliphatic rings. The van der Waals surface area contributed by atoms with Gasteiger partial charge < -0.3 is 0 Å². The molecule has 0 unspecified atom stereocenters. The van der Waals surface area contributed by atoms with E-state index in [0.29, 0.717) is 9.62 Å². The highest BCUT2D eigenvalue weighted by atomic mass is 35.5. The average molecular weight is 277 g/mol. The Morgan fingerprint density at radius 2 is 2.20 bits per heavy atom. The zero-order valence-electron chi connectivity index (χ0n) is 7.48. The molecule has 1 heterocycles. The van der Waals surface area contributed by atoms with Gasteiger partial charge in [0.15, 0.2) is 0 Å². The minimum Gasteiger partial charge on any atom is -0.198 e. The molecule has 0 spiro atoms. The zero-order valence-corrected chi connectivity index (χ0v) is 10.6. The smallest absolute Gasteiger partial charge is 0.198 e. The molecule has 0 saturated heterocycles. The van der Waals surface area contributed by atoms with Crippen LogP contribution < -0.4 is 0 Å². The van der Waals surface area contributed by atoms with Crippen LogP contribution in [0.1, 0.15) is 5.56 Å². The van der Waals surface area contributed by atoms with Crippen molar-refractivity contribution in [2.45, 2.75) is 10.9 Å². The molecule has 2 nitrogen and oxygen atoms in total. The average Bonchev–Trinajstić information content (AvgIpc) is 2.62. The van der Waals surface area contributed by atoms with Crippen molar-refractivity contribution in [3.8, 4) is 0 Å². The second-order valence-electron chi connectivity index (χ2n) is 2.75. The topological polar surface area (TPSA) is 25.8 Å². The van der Waals surface area contributed by atoms with Gasteiger partial charge in [-0.25, -0.2) is 0 Å². The number of hydrogen-bond acceptors (Lipinski definition) is 4. The van der Waals surface area contributed by atoms with Crippen LogP contribution in [0.25, 0.3) is 0 Å². The molecular weight excluding hydrogens is 271 g/mol. The Kier molecular flexibility index (Phi) is 3.86. The van der Waals surface area contributed by atoms with Crippen LogP contribution in [0.4, 0.5) is 0 Å². The van der Waals surface area contributed by atoms with Gasteiger partial charge in [0, 0.05) is 10.8 Å². The molecule has 15 heavy (non-hydrogen) atoms. The summed E-state index contributed by atoms with van der Waals surface area (Å²) in [5.41, 5.74) is 1.15. The van der Waals surface area contributed by atoms with Gasteiger partial charge in [0.2, 0.25) is 9.62 Å². The van der Waals surface area contributed by atoms with Crippen LogP contribution >= 0.6 is 46.5 Å². The molecule has 1 aromatic heterocycles. The van der Waals surface area contributed by atoms with Gasteiger partial charge in [-0.3, -0.25) is 0 Å². The third kappa shape index (κ3) is 3.34. The fourth-order valence-electron chi connectivity index (χ4n) is 1.03. The molecule has 0 bridgehead atoms. The highest BCUT2D eigenvalue weighted by Gasteiger charge is 2.03. The van der Waals surface area contributed by atoms with Gasteiger partial charge in [-0.1, -0.05) is 35.5 Å². The number of thioether (sulfide) groups is 1. The molecule has 0 aliphatic heterocycles. The van der Waals surface area contributed by atoms with Gasteiger partial charge in [-0.2, -0.15) is 9.36 Å². The Balaban J connectivity index is 1.99. The maximum atomic E-state index is 5.87. The molecule has 0 aliphatic carbocycles. The lowest BCUT2D eigenvalue weighted by atomic mass is 10.2. The van der Waals surface area contributed by atoms with Gasteiger partial charge in [0.05, 0.1) is 0 Å². The van der Waals surface area contributed by atoms with Gasteiger partial charge in [-0.05, 0) is 40.8 Å². The molecule has 6 heteroatoms. The first-order valence-corrected chi connectivity index (χ1v) is 6.62. The van der Waals surface area contributed by atoms with Crippen LogP contribution in [0.15, 0.2) is 29.4 Å². The lowest BCUT2D eigenvalue weighted by Crippen LogP contribution is -1.81. The summed E-state index contributed by atoms with van der Waals surface area (Å²) >= 11 is 14.3. The quantitative estimate of drug-likeness (QED) is 0.789. The monoisotopic (exact) mass is 276 g/mol. The van der Waals surface area contributed by atoms with E-state index in [1.54, 1.807) is 11.8 Å². The normalized spacial score (nSPS) is 10.5. The molecule has 0 saturated carbocycles. The summed E-state index contributed by atoms with van der Waals surface area (Å²) in [6, 6.07) is 7.74. The Morgan fingerprint density at radius 1 is 1.33 bits per heavy atom. The van der Waals surface area contributed by atoms with Gasteiger partial charge in [0.1, 0.15) is 0 Å². The SMILES string of the molecule is Clc1cccc(CSc2nsc(Cl)n2)c1. The number of rotatable bonds is 3. The Bertz CT molecular complexity index is 459. The largest absolute Gasteiger partial charge is 0.204 e. The van der Waals surface area contributed by atoms with Crippen LogP contribution in [0.2, 0.25) is 9.49 Å². The van der Waals surface area contributed by atoms with Crippen molar-refractivity contribution in [1.82, 2.24) is 9.36 Å². The summed E-state index contributed by atoms with van der Waals surface area (Å²) in [5, 5.41) is 1.46. The van der Waals surface area contributed by atoms with Crippen molar-refractivity contribution in [2.75, 3.05) is 0 Å². The summed E-state index contributed by atoms with van der Waals surface area (Å²) < 4.78 is 4.56. The van der Waals surface area contributed by atoms with Crippen LogP contribution in [-0.4, -0.2) is 9.36 Å². The molecule has 78 valence electrons. The van der Waals surface area contributed by atoms with Crippen LogP contribution in [0.5, 0.6) is 0 Å². The first kappa shape index (κ1) is 11.2. The molecule has 1 aromatic carbocycles. The minimum atomic E-state index is 0.476. The van der Waals surface area contributed by atoms with Crippen LogP contribution in [0, 0.1) is 0 Å². The number of halogens is 2. The van der Waals surface area contributed by atoms with E-state index in [1.807, 2.05) is 24.3 Å². The molecule has 0 N–H and O–H groups in total. The van der Waals surface area contributed by atoms with E-state index in [1.165, 1.54) is 11.5 Å². The Morgan fingerprint density at radius 3 is 2.87 bits per heavy atom. The highest BCUT2D eigenvalue weighted by molar-refractivity contribution is 7.98. The molecule has 2 aromatic rings. The summed E-state index contributed by atoms with van der Waals surface area (Å²) in [5.74, 6) is 0.799. The highest BCUT2D eigenvalue weighted by Crippen LogP contribution is 2.24. The van der Waals surface area contributed by atoms with Crippen molar-refractivity contribution >= 4 is 46.5 Å². The first-order chi connectivity index (χ1) is 7.24. The predicted octanol–water partition coefficient (Wildman–Crippen LogP) is 4.14. The standard InChI is InChI=1S/C9H6Cl2N2S2/c10-7-3-1-2-6(4-7)5-14-9-12-8(11)15-13-9/h1-4H,5H2. The van der Waals surface area contributed by atoms with Crippen molar-refractivity contribution in [1.29, 1.82) is 0 Å². The van der Waals surface area contributed by atoms with E-state index in [2.05, 4.69) is 9.36 Å². The lowest BCUT2D eigenvalue weighted by molar-refractivity contribution is 1.08. The lowest BCUT2D eigenvalue weighted by Gasteiger charge is -1.98. The zero-order chi connectivity index (χ0) is 10.7. The molecule has 0 fully saturated rings. The maximum Gasteiger partial charge on any atom is 0.204 e. The van der Waals surface area contributed by atoms with Gasteiger partial charge in [0.25, 0.3) is 0 Å². The second kappa shape index (κ2) is 5.16. The van der Waals surface area contributed by atoms with E-state index >= 15 is 0 Å². The first-order valence-electron chi connectivity index (χ1n) is 4.10. The van der Waals surface area contributed by atoms with E-state index in [9.17, 15) is 0 Å². The fraction of sp³-hybridized carbons (Fsp3) is 0.111. The van der Waals surface area contributed by atoms with Gasteiger partial charge in [-0.15, -0.1) is 0 Å². The molecule has 0 radical (unpaired) electrons. The van der Waals surface area contributed by atoms with Crippen molar-refractivity contribution < 1.29 is 0 Å². The summed E-state index contributed by atoms with van der Waals surface area (Å²) in [6.07, 6.45) is 0. The Labute approximate surface area is 106 Å². The molecular formula is C9H6Cl2N2S2.